The highest BCUT2D eigenvalue weighted by atomic mass is 16.3. The topological polar surface area (TPSA) is 52.9 Å². The molecule has 0 aliphatic carbocycles. The summed E-state index contributed by atoms with van der Waals surface area (Å²) < 4.78 is 0. The first-order valence-electron chi connectivity index (χ1n) is 7.19. The lowest BCUT2D eigenvalue weighted by molar-refractivity contribution is -0.115. The molecule has 0 heterocycles. The van der Waals surface area contributed by atoms with E-state index in [0.717, 1.165) is 0 Å². The van der Waals surface area contributed by atoms with E-state index >= 15 is 0 Å². The molecule has 0 aliphatic rings. The molecule has 4 heteroatoms. The van der Waals surface area contributed by atoms with Crippen molar-refractivity contribution in [1.29, 1.82) is 0 Å². The first kappa shape index (κ1) is 21.0. The van der Waals surface area contributed by atoms with Crippen molar-refractivity contribution in [3.63, 3.8) is 0 Å². The second-order valence-electron chi connectivity index (χ2n) is 4.26. The molecule has 0 fully saturated rings. The summed E-state index contributed by atoms with van der Waals surface area (Å²) in [5.74, 6) is 0.0495. The van der Waals surface area contributed by atoms with Crippen LogP contribution in [-0.2, 0) is 4.79 Å². The number of aliphatic hydroxyl groups is 1. The normalized spacial score (nSPS) is 11.7. The van der Waals surface area contributed by atoms with Crippen LogP contribution in [0.2, 0.25) is 0 Å². The molecule has 0 aliphatic heterocycles. The molecule has 0 aromatic carbocycles. The number of aliphatic hydroxyl groups excluding tert-OH is 1. The Morgan fingerprint density at radius 3 is 2.35 bits per heavy atom. The van der Waals surface area contributed by atoms with Crippen LogP contribution in [0, 0.1) is 0 Å². The lowest BCUT2D eigenvalue weighted by Crippen LogP contribution is -2.35. The number of allylic oxidation sites excluding steroid dienone is 3. The van der Waals surface area contributed by atoms with Crippen LogP contribution in [-0.4, -0.2) is 54.8 Å². The largest absolute Gasteiger partial charge is 0.395 e. The van der Waals surface area contributed by atoms with Gasteiger partial charge in [-0.05, 0) is 19.9 Å². The summed E-state index contributed by atoms with van der Waals surface area (Å²) in [5.41, 5.74) is 0.577. The van der Waals surface area contributed by atoms with Crippen LogP contribution in [0.15, 0.2) is 29.3 Å². The van der Waals surface area contributed by atoms with Crippen molar-refractivity contribution >= 4 is 12.0 Å². The molecule has 0 aromatic heterocycles. The van der Waals surface area contributed by atoms with Crippen molar-refractivity contribution < 1.29 is 9.90 Å². The summed E-state index contributed by atoms with van der Waals surface area (Å²) in [7, 11) is 1.66. The number of aliphatic imine (C=N–C) groups is 1. The highest BCUT2D eigenvalue weighted by Gasteiger charge is 2.12. The minimum atomic E-state index is 0.0495. The zero-order chi connectivity index (χ0) is 16.0. The molecule has 0 amide bonds. The van der Waals surface area contributed by atoms with Crippen molar-refractivity contribution in [2.45, 2.75) is 40.2 Å². The van der Waals surface area contributed by atoms with Crippen LogP contribution in [0.4, 0.5) is 0 Å². The van der Waals surface area contributed by atoms with Gasteiger partial charge in [0.25, 0.3) is 0 Å². The molecule has 0 bridgehead atoms. The predicted octanol–water partition coefficient (Wildman–Crippen LogP) is 2.49. The quantitative estimate of drug-likeness (QED) is 0.401. The molecule has 4 nitrogen and oxygen atoms in total. The number of ketones is 1. The Bertz CT molecular complexity index is 320. The molecule has 0 rings (SSSR count). The summed E-state index contributed by atoms with van der Waals surface area (Å²) in [6.07, 6.45) is 5.23. The van der Waals surface area contributed by atoms with Gasteiger partial charge in [0.1, 0.15) is 0 Å². The zero-order valence-corrected chi connectivity index (χ0v) is 13.6. The smallest absolute Gasteiger partial charge is 0.164 e. The van der Waals surface area contributed by atoms with Crippen LogP contribution in [0.25, 0.3) is 0 Å². The third-order valence-corrected chi connectivity index (χ3v) is 2.69. The number of hydrogen-bond donors (Lipinski definition) is 1. The van der Waals surface area contributed by atoms with E-state index in [-0.39, 0.29) is 12.4 Å². The average Bonchev–Trinajstić information content (AvgIpc) is 2.46. The highest BCUT2D eigenvalue weighted by molar-refractivity contribution is 6.01. The molecular formula is C16H30N2O2. The van der Waals surface area contributed by atoms with Gasteiger partial charge < -0.3 is 5.11 Å². The molecule has 0 spiro atoms. The Balaban J connectivity index is 0. The van der Waals surface area contributed by atoms with Crippen molar-refractivity contribution in [2.75, 3.05) is 26.7 Å². The molecule has 0 unspecified atom stereocenters. The summed E-state index contributed by atoms with van der Waals surface area (Å²) in [6.45, 7) is 13.1. The predicted molar refractivity (Wildman–Crippen MR) is 87.5 cm³/mol. The van der Waals surface area contributed by atoms with Crippen molar-refractivity contribution in [2.24, 2.45) is 4.99 Å². The van der Waals surface area contributed by atoms with Crippen molar-refractivity contribution in [3.05, 3.63) is 24.3 Å². The third-order valence-electron chi connectivity index (χ3n) is 2.69. The molecule has 20 heavy (non-hydrogen) atoms. The van der Waals surface area contributed by atoms with E-state index in [1.165, 1.54) is 0 Å². The maximum absolute atomic E-state index is 11.9. The fraction of sp³-hybridized carbons (Fsp3) is 0.625. The monoisotopic (exact) mass is 282 g/mol. The molecule has 0 radical (unpaired) electrons. The van der Waals surface area contributed by atoms with Gasteiger partial charge >= 0.3 is 0 Å². The van der Waals surface area contributed by atoms with Gasteiger partial charge in [-0.3, -0.25) is 14.7 Å². The fourth-order valence-electron chi connectivity index (χ4n) is 1.58. The first-order chi connectivity index (χ1) is 9.56. The average molecular weight is 282 g/mol. The molecular weight excluding hydrogens is 252 g/mol. The van der Waals surface area contributed by atoms with Gasteiger partial charge in [-0.25, -0.2) is 0 Å². The van der Waals surface area contributed by atoms with Crippen molar-refractivity contribution in [3.8, 4) is 0 Å². The molecule has 1 N–H and O–H groups in total. The van der Waals surface area contributed by atoms with Crippen molar-refractivity contribution in [1.82, 2.24) is 4.90 Å². The third kappa shape index (κ3) is 9.64. The van der Waals surface area contributed by atoms with Crippen LogP contribution in [0.3, 0.4) is 0 Å². The van der Waals surface area contributed by atoms with Gasteiger partial charge in [-0.2, -0.15) is 0 Å². The van der Waals surface area contributed by atoms with Crippen LogP contribution < -0.4 is 0 Å². The summed E-state index contributed by atoms with van der Waals surface area (Å²) in [5, 5.41) is 8.95. The van der Waals surface area contributed by atoms with E-state index in [9.17, 15) is 4.79 Å². The number of nitrogens with zero attached hydrogens (tertiary/aromatic N) is 2. The van der Waals surface area contributed by atoms with E-state index in [1.54, 1.807) is 25.4 Å². The van der Waals surface area contributed by atoms with Gasteiger partial charge in [0, 0.05) is 44.4 Å². The van der Waals surface area contributed by atoms with Crippen LogP contribution in [0.5, 0.6) is 0 Å². The standard InChI is InChI=1S/C14H24N2O2.C2H6/c1-5-13(6-8-15-4)14(18)7-9-16(10-11-17)12(2)3;1-2/h5-6,8,12,17H,1,7,9-11H2,2-4H3;1-2H3/b13-6+,15-8?;. The van der Waals surface area contributed by atoms with Crippen LogP contribution >= 0.6 is 0 Å². The fourth-order valence-corrected chi connectivity index (χ4v) is 1.58. The maximum atomic E-state index is 11.9. The Morgan fingerprint density at radius 1 is 1.35 bits per heavy atom. The van der Waals surface area contributed by atoms with Gasteiger partial charge in [-0.15, -0.1) is 0 Å². The number of carbonyl (C=O) groups is 1. The van der Waals surface area contributed by atoms with E-state index in [0.29, 0.717) is 31.1 Å². The van der Waals surface area contributed by atoms with Crippen LogP contribution in [0.1, 0.15) is 34.1 Å². The Morgan fingerprint density at radius 2 is 1.95 bits per heavy atom. The second kappa shape index (κ2) is 14.2. The molecule has 116 valence electrons. The molecule has 0 aromatic rings. The SMILES string of the molecule is C=C/C(=C\C=NC)C(=O)CCN(CCO)C(C)C.CC. The Kier molecular flexibility index (Phi) is 14.9. The maximum Gasteiger partial charge on any atom is 0.164 e. The first-order valence-corrected chi connectivity index (χ1v) is 7.19. The zero-order valence-electron chi connectivity index (χ0n) is 13.6. The minimum Gasteiger partial charge on any atom is -0.395 e. The van der Waals surface area contributed by atoms with E-state index in [1.807, 2.05) is 27.7 Å². The lowest BCUT2D eigenvalue weighted by atomic mass is 10.1. The summed E-state index contributed by atoms with van der Waals surface area (Å²) in [4.78, 5) is 17.8. The van der Waals surface area contributed by atoms with E-state index < -0.39 is 0 Å². The molecule has 0 atom stereocenters. The number of Topliss-reactive ketones (excluding diaryl/α,β-unsaturated/α-hetero) is 1. The second-order valence-corrected chi connectivity index (χ2v) is 4.26. The lowest BCUT2D eigenvalue weighted by Gasteiger charge is -2.25. The van der Waals surface area contributed by atoms with Gasteiger partial charge in [0.15, 0.2) is 5.78 Å². The Labute approximate surface area is 123 Å². The summed E-state index contributed by atoms with van der Waals surface area (Å²) in [6, 6.07) is 0.318. The minimum absolute atomic E-state index is 0.0495. The van der Waals surface area contributed by atoms with Gasteiger partial charge in [0.2, 0.25) is 0 Å². The Hall–Kier alpha value is -1.26. The van der Waals surface area contributed by atoms with E-state index in [2.05, 4.69) is 16.5 Å². The summed E-state index contributed by atoms with van der Waals surface area (Å²) >= 11 is 0. The highest BCUT2D eigenvalue weighted by Crippen LogP contribution is 2.05. The molecule has 0 saturated carbocycles. The number of hydrogen-bond acceptors (Lipinski definition) is 4. The number of rotatable bonds is 9. The van der Waals surface area contributed by atoms with Gasteiger partial charge in [-0.1, -0.05) is 26.5 Å². The van der Waals surface area contributed by atoms with Gasteiger partial charge in [0.05, 0.1) is 6.61 Å². The number of carbonyl (C=O) groups excluding carboxylic acids is 1. The molecule has 0 saturated heterocycles. The van der Waals surface area contributed by atoms with E-state index in [4.69, 9.17) is 5.11 Å².